The number of hydrogen-bond acceptors (Lipinski definition) is 2. The average molecular weight is 242 g/mol. The molecule has 1 N–H and O–H groups in total. The SMILES string of the molecule is CCC(CNCC(C)C)N(CC(C)C)C(C)C. The minimum absolute atomic E-state index is 0.642. The van der Waals surface area contributed by atoms with Crippen molar-refractivity contribution in [2.75, 3.05) is 19.6 Å². The quantitative estimate of drug-likeness (QED) is 0.667. The van der Waals surface area contributed by atoms with Crippen molar-refractivity contribution in [1.29, 1.82) is 0 Å². The van der Waals surface area contributed by atoms with Crippen molar-refractivity contribution in [2.24, 2.45) is 11.8 Å². The largest absolute Gasteiger partial charge is 0.315 e. The molecule has 104 valence electrons. The maximum atomic E-state index is 3.60. The van der Waals surface area contributed by atoms with Crippen LogP contribution < -0.4 is 5.32 Å². The van der Waals surface area contributed by atoms with E-state index in [9.17, 15) is 0 Å². The third-order valence-corrected chi connectivity index (χ3v) is 3.11. The Bertz CT molecular complexity index is 176. The molecule has 0 aromatic heterocycles. The summed E-state index contributed by atoms with van der Waals surface area (Å²) in [4.78, 5) is 2.65. The molecule has 0 aromatic carbocycles. The van der Waals surface area contributed by atoms with E-state index >= 15 is 0 Å². The smallest absolute Gasteiger partial charge is 0.0220 e. The van der Waals surface area contributed by atoms with Gasteiger partial charge in [0.05, 0.1) is 0 Å². The second kappa shape index (κ2) is 8.93. The molecule has 0 spiro atoms. The van der Waals surface area contributed by atoms with E-state index in [2.05, 4.69) is 58.7 Å². The van der Waals surface area contributed by atoms with Gasteiger partial charge in [0.25, 0.3) is 0 Å². The molecule has 0 rings (SSSR count). The number of nitrogens with zero attached hydrogens (tertiary/aromatic N) is 1. The highest BCUT2D eigenvalue weighted by atomic mass is 15.2. The summed E-state index contributed by atoms with van der Waals surface area (Å²) in [5, 5.41) is 3.60. The number of hydrogen-bond donors (Lipinski definition) is 1. The highest BCUT2D eigenvalue weighted by molar-refractivity contribution is 4.77. The molecule has 0 aliphatic carbocycles. The molecule has 0 fully saturated rings. The molecule has 0 saturated carbocycles. The third-order valence-electron chi connectivity index (χ3n) is 3.11. The lowest BCUT2D eigenvalue weighted by atomic mass is 10.1. The maximum absolute atomic E-state index is 3.60. The van der Waals surface area contributed by atoms with Crippen LogP contribution in [-0.2, 0) is 0 Å². The maximum Gasteiger partial charge on any atom is 0.0220 e. The van der Waals surface area contributed by atoms with Gasteiger partial charge in [-0.15, -0.1) is 0 Å². The zero-order valence-electron chi connectivity index (χ0n) is 13.1. The van der Waals surface area contributed by atoms with Crippen LogP contribution in [0.1, 0.15) is 54.9 Å². The minimum atomic E-state index is 0.642. The molecule has 2 nitrogen and oxygen atoms in total. The summed E-state index contributed by atoms with van der Waals surface area (Å²) in [5.41, 5.74) is 0. The molecule has 1 unspecified atom stereocenters. The molecule has 17 heavy (non-hydrogen) atoms. The first-order chi connectivity index (χ1) is 7.88. The van der Waals surface area contributed by atoms with Crippen LogP contribution in [0.4, 0.5) is 0 Å². The van der Waals surface area contributed by atoms with Crippen molar-refractivity contribution in [3.8, 4) is 0 Å². The van der Waals surface area contributed by atoms with Gasteiger partial charge >= 0.3 is 0 Å². The van der Waals surface area contributed by atoms with Gasteiger partial charge in [0.1, 0.15) is 0 Å². The van der Waals surface area contributed by atoms with Gasteiger partial charge in [-0.25, -0.2) is 0 Å². The van der Waals surface area contributed by atoms with Gasteiger partial charge in [-0.2, -0.15) is 0 Å². The first-order valence-corrected chi connectivity index (χ1v) is 7.34. The fourth-order valence-corrected chi connectivity index (χ4v) is 2.24. The van der Waals surface area contributed by atoms with Gasteiger partial charge in [0.2, 0.25) is 0 Å². The Hall–Kier alpha value is -0.0800. The standard InChI is InChI=1S/C15H34N2/c1-8-15(10-16-9-12(2)3)17(14(6)7)11-13(4)5/h12-16H,8-11H2,1-7H3. The van der Waals surface area contributed by atoms with E-state index in [-0.39, 0.29) is 0 Å². The highest BCUT2D eigenvalue weighted by Crippen LogP contribution is 2.11. The van der Waals surface area contributed by atoms with Crippen LogP contribution in [0.5, 0.6) is 0 Å². The van der Waals surface area contributed by atoms with E-state index in [1.165, 1.54) is 13.0 Å². The predicted octanol–water partition coefficient (Wildman–Crippen LogP) is 3.38. The lowest BCUT2D eigenvalue weighted by molar-refractivity contribution is 0.128. The van der Waals surface area contributed by atoms with Crippen LogP contribution in [0.3, 0.4) is 0 Å². The molecule has 1 atom stereocenters. The molecular weight excluding hydrogens is 208 g/mol. The fourth-order valence-electron chi connectivity index (χ4n) is 2.24. The van der Waals surface area contributed by atoms with Crippen LogP contribution in [0.25, 0.3) is 0 Å². The summed E-state index contributed by atoms with van der Waals surface area (Å²) in [5.74, 6) is 1.49. The summed E-state index contributed by atoms with van der Waals surface area (Å²) < 4.78 is 0. The van der Waals surface area contributed by atoms with Crippen LogP contribution in [0, 0.1) is 11.8 Å². The molecule has 0 aliphatic heterocycles. The lowest BCUT2D eigenvalue weighted by Crippen LogP contribution is -2.47. The average Bonchev–Trinajstić information content (AvgIpc) is 2.20. The number of nitrogens with one attached hydrogen (secondary N) is 1. The molecule has 0 aliphatic rings. The summed E-state index contributed by atoms with van der Waals surface area (Å²) in [7, 11) is 0. The van der Waals surface area contributed by atoms with Crippen LogP contribution >= 0.6 is 0 Å². The summed E-state index contributed by atoms with van der Waals surface area (Å²) in [6, 6.07) is 1.32. The van der Waals surface area contributed by atoms with Crippen molar-refractivity contribution in [3.05, 3.63) is 0 Å². The minimum Gasteiger partial charge on any atom is -0.315 e. The third kappa shape index (κ3) is 7.77. The molecular formula is C15H34N2. The highest BCUT2D eigenvalue weighted by Gasteiger charge is 2.20. The lowest BCUT2D eigenvalue weighted by Gasteiger charge is -2.36. The Balaban J connectivity index is 4.25. The zero-order valence-corrected chi connectivity index (χ0v) is 13.1. The van der Waals surface area contributed by atoms with Crippen LogP contribution in [0.2, 0.25) is 0 Å². The van der Waals surface area contributed by atoms with E-state index in [0.717, 1.165) is 24.9 Å². The van der Waals surface area contributed by atoms with Crippen molar-refractivity contribution < 1.29 is 0 Å². The van der Waals surface area contributed by atoms with Gasteiger partial charge in [0.15, 0.2) is 0 Å². The van der Waals surface area contributed by atoms with Crippen LogP contribution in [0.15, 0.2) is 0 Å². The van der Waals surface area contributed by atoms with E-state index in [1.807, 2.05) is 0 Å². The van der Waals surface area contributed by atoms with Crippen molar-refractivity contribution >= 4 is 0 Å². The molecule has 0 amide bonds. The molecule has 0 aromatic rings. The first-order valence-electron chi connectivity index (χ1n) is 7.34. The Labute approximate surface area is 109 Å². The monoisotopic (exact) mass is 242 g/mol. The van der Waals surface area contributed by atoms with Crippen LogP contribution in [-0.4, -0.2) is 36.6 Å². The van der Waals surface area contributed by atoms with E-state index in [0.29, 0.717) is 12.1 Å². The van der Waals surface area contributed by atoms with Gasteiger partial charge in [-0.1, -0.05) is 34.6 Å². The van der Waals surface area contributed by atoms with Crippen molar-refractivity contribution in [3.63, 3.8) is 0 Å². The molecule has 0 bridgehead atoms. The number of rotatable bonds is 9. The topological polar surface area (TPSA) is 15.3 Å². The zero-order chi connectivity index (χ0) is 13.4. The molecule has 0 radical (unpaired) electrons. The normalized spacial score (nSPS) is 14.3. The van der Waals surface area contributed by atoms with E-state index in [1.54, 1.807) is 0 Å². The van der Waals surface area contributed by atoms with Crippen molar-refractivity contribution in [1.82, 2.24) is 10.2 Å². The second-order valence-corrected chi connectivity index (χ2v) is 6.30. The first kappa shape index (κ1) is 16.9. The Kier molecular flexibility index (Phi) is 8.89. The van der Waals surface area contributed by atoms with Gasteiger partial charge in [0, 0.05) is 25.2 Å². The predicted molar refractivity (Wildman–Crippen MR) is 78.5 cm³/mol. The van der Waals surface area contributed by atoms with E-state index in [4.69, 9.17) is 0 Å². The van der Waals surface area contributed by atoms with E-state index < -0.39 is 0 Å². The van der Waals surface area contributed by atoms with Crippen molar-refractivity contribution in [2.45, 2.75) is 67.0 Å². The molecule has 0 heterocycles. The Morgan fingerprint density at radius 3 is 1.82 bits per heavy atom. The van der Waals surface area contributed by atoms with Gasteiger partial charge < -0.3 is 5.32 Å². The second-order valence-electron chi connectivity index (χ2n) is 6.30. The Morgan fingerprint density at radius 2 is 1.47 bits per heavy atom. The molecule has 0 saturated heterocycles. The molecule has 2 heteroatoms. The fraction of sp³-hybridized carbons (Fsp3) is 1.00. The summed E-state index contributed by atoms with van der Waals surface area (Å²) in [6.07, 6.45) is 1.23. The Morgan fingerprint density at radius 1 is 0.882 bits per heavy atom. The van der Waals surface area contributed by atoms with Gasteiger partial charge in [-0.3, -0.25) is 4.90 Å². The van der Waals surface area contributed by atoms with Gasteiger partial charge in [-0.05, 0) is 38.6 Å². The summed E-state index contributed by atoms with van der Waals surface area (Å²) in [6.45, 7) is 19.5. The summed E-state index contributed by atoms with van der Waals surface area (Å²) >= 11 is 0.